The normalized spacial score (nSPS) is 24.8. The highest BCUT2D eigenvalue weighted by Gasteiger charge is 2.39. The van der Waals surface area contributed by atoms with Gasteiger partial charge in [-0.1, -0.05) is 12.1 Å². The largest absolute Gasteiger partial charge is 0.459 e. The monoisotopic (exact) mass is 456 g/mol. The van der Waals surface area contributed by atoms with E-state index in [0.29, 0.717) is 38.1 Å². The van der Waals surface area contributed by atoms with E-state index >= 15 is 0 Å². The predicted molar refractivity (Wildman–Crippen MR) is 113 cm³/mol. The molecule has 0 unspecified atom stereocenters. The molecule has 1 saturated heterocycles. The second kappa shape index (κ2) is 10.7. The van der Waals surface area contributed by atoms with E-state index < -0.39 is 18.0 Å². The van der Waals surface area contributed by atoms with Crippen molar-refractivity contribution >= 4 is 5.91 Å². The number of likely N-dealkylation sites (N-methyl/N-ethyl adjacent to an activating group) is 1. The quantitative estimate of drug-likeness (QED) is 0.683. The molecule has 0 spiro atoms. The lowest BCUT2D eigenvalue weighted by Crippen LogP contribution is -2.49. The van der Waals surface area contributed by atoms with E-state index in [2.05, 4.69) is 4.90 Å². The Bertz CT molecular complexity index is 789. The molecule has 1 N–H and O–H groups in total. The third-order valence-corrected chi connectivity index (χ3v) is 6.04. The second-order valence-electron chi connectivity index (χ2n) is 8.24. The van der Waals surface area contributed by atoms with Crippen molar-refractivity contribution in [3.8, 4) is 0 Å². The number of aliphatic hydroxyl groups excluding tert-OH is 1. The van der Waals surface area contributed by atoms with Gasteiger partial charge < -0.3 is 24.4 Å². The zero-order chi connectivity index (χ0) is 23.3. The Balaban J connectivity index is 1.93. The van der Waals surface area contributed by atoms with Gasteiger partial charge in [0.15, 0.2) is 5.76 Å². The van der Waals surface area contributed by atoms with E-state index in [1.54, 1.807) is 11.0 Å². The van der Waals surface area contributed by atoms with Crippen LogP contribution in [-0.2, 0) is 20.4 Å². The van der Waals surface area contributed by atoms with Crippen molar-refractivity contribution in [2.45, 2.75) is 38.1 Å². The summed E-state index contributed by atoms with van der Waals surface area (Å²) in [5.41, 5.74) is -0.0723. The van der Waals surface area contributed by atoms with E-state index in [4.69, 9.17) is 9.47 Å². The van der Waals surface area contributed by atoms with Crippen LogP contribution < -0.4 is 0 Å². The van der Waals surface area contributed by atoms with Gasteiger partial charge in [-0.15, -0.1) is 0 Å². The fourth-order valence-corrected chi connectivity index (χ4v) is 4.20. The zero-order valence-electron chi connectivity index (χ0n) is 18.5. The molecule has 2 aliphatic rings. The van der Waals surface area contributed by atoms with E-state index in [1.165, 1.54) is 12.1 Å². The first kappa shape index (κ1) is 24.5. The van der Waals surface area contributed by atoms with Gasteiger partial charge in [-0.05, 0) is 50.6 Å². The van der Waals surface area contributed by atoms with Gasteiger partial charge in [-0.25, -0.2) is 0 Å². The van der Waals surface area contributed by atoms with Gasteiger partial charge in [-0.3, -0.25) is 4.79 Å². The molecule has 1 aromatic rings. The molecule has 178 valence electrons. The summed E-state index contributed by atoms with van der Waals surface area (Å²) in [6.07, 6.45) is -2.41. The Labute approximate surface area is 186 Å². The SMILES string of the molecule is CCO[C@@H]1OC(C(=O)N2CCN(C)CC2)=C[C@H](c2ccc(C(F)(F)F)cc2)[C@@H]1CCCO. The van der Waals surface area contributed by atoms with Gasteiger partial charge in [0.1, 0.15) is 0 Å². The fraction of sp³-hybridized carbons (Fsp3) is 0.609. The number of amides is 1. The Morgan fingerprint density at radius 3 is 2.41 bits per heavy atom. The Kier molecular flexibility index (Phi) is 8.19. The average molecular weight is 457 g/mol. The van der Waals surface area contributed by atoms with E-state index in [-0.39, 0.29) is 30.1 Å². The molecule has 6 nitrogen and oxygen atoms in total. The van der Waals surface area contributed by atoms with E-state index in [1.807, 2.05) is 14.0 Å². The molecule has 0 saturated carbocycles. The van der Waals surface area contributed by atoms with Crippen LogP contribution in [0.4, 0.5) is 13.2 Å². The van der Waals surface area contributed by atoms with Gasteiger partial charge in [0.2, 0.25) is 6.29 Å². The number of carbonyl (C=O) groups excluding carboxylic acids is 1. The molecule has 1 amide bonds. The zero-order valence-corrected chi connectivity index (χ0v) is 18.5. The number of nitrogens with zero attached hydrogens (tertiary/aromatic N) is 2. The number of carbonyl (C=O) groups is 1. The lowest BCUT2D eigenvalue weighted by atomic mass is 9.80. The number of benzene rings is 1. The number of piperazine rings is 1. The summed E-state index contributed by atoms with van der Waals surface area (Å²) in [5.74, 6) is -0.693. The minimum absolute atomic E-state index is 0.0220. The first-order valence-corrected chi connectivity index (χ1v) is 11.0. The molecule has 2 heterocycles. The van der Waals surface area contributed by atoms with Crippen molar-refractivity contribution in [3.05, 3.63) is 47.2 Å². The predicted octanol–water partition coefficient (Wildman–Crippen LogP) is 3.23. The maximum atomic E-state index is 13.2. The standard InChI is InChI=1S/C23H31F3N2O4/c1-3-31-22-18(5-4-14-29)19(16-6-8-17(9-7-16)23(24,25)26)15-20(32-22)21(30)28-12-10-27(2)11-13-28/h6-9,15,18-19,22,29H,3-5,10-14H2,1-2H3/t18-,19+,22+/m0/s1. The van der Waals surface area contributed by atoms with Gasteiger partial charge in [0.25, 0.3) is 5.91 Å². The minimum Gasteiger partial charge on any atom is -0.459 e. The van der Waals surface area contributed by atoms with Crippen LogP contribution in [0.15, 0.2) is 36.1 Å². The summed E-state index contributed by atoms with van der Waals surface area (Å²) in [6, 6.07) is 5.00. The van der Waals surface area contributed by atoms with Crippen LogP contribution in [-0.4, -0.2) is 73.5 Å². The van der Waals surface area contributed by atoms with Crippen molar-refractivity contribution in [1.82, 2.24) is 9.80 Å². The van der Waals surface area contributed by atoms with Gasteiger partial charge in [-0.2, -0.15) is 13.2 Å². The molecule has 2 aliphatic heterocycles. The summed E-state index contributed by atoms with van der Waals surface area (Å²) >= 11 is 0. The number of hydrogen-bond acceptors (Lipinski definition) is 5. The highest BCUT2D eigenvalue weighted by Crippen LogP contribution is 2.40. The molecular weight excluding hydrogens is 425 g/mol. The molecule has 1 fully saturated rings. The van der Waals surface area contributed by atoms with Crippen LogP contribution >= 0.6 is 0 Å². The Morgan fingerprint density at radius 2 is 1.84 bits per heavy atom. The van der Waals surface area contributed by atoms with E-state index in [0.717, 1.165) is 25.2 Å². The molecule has 3 atom stereocenters. The summed E-state index contributed by atoms with van der Waals surface area (Å²) in [4.78, 5) is 17.0. The molecule has 0 radical (unpaired) electrons. The van der Waals surface area contributed by atoms with Gasteiger partial charge >= 0.3 is 6.18 Å². The molecule has 32 heavy (non-hydrogen) atoms. The smallest absolute Gasteiger partial charge is 0.416 e. The summed E-state index contributed by atoms with van der Waals surface area (Å²) in [6.45, 7) is 4.83. The third kappa shape index (κ3) is 5.82. The molecule has 0 aromatic heterocycles. The summed E-state index contributed by atoms with van der Waals surface area (Å²) < 4.78 is 50.9. The van der Waals surface area contributed by atoms with Gasteiger partial charge in [0, 0.05) is 51.2 Å². The molecule has 3 rings (SSSR count). The molecule has 0 aliphatic carbocycles. The van der Waals surface area contributed by atoms with Crippen LogP contribution in [0.5, 0.6) is 0 Å². The number of halogens is 3. The van der Waals surface area contributed by atoms with Crippen molar-refractivity contribution in [2.75, 3.05) is 46.4 Å². The van der Waals surface area contributed by atoms with E-state index in [9.17, 15) is 23.1 Å². The lowest BCUT2D eigenvalue weighted by molar-refractivity contribution is -0.170. The van der Waals surface area contributed by atoms with Crippen LogP contribution in [0.3, 0.4) is 0 Å². The molecule has 0 bridgehead atoms. The number of aliphatic hydroxyl groups is 1. The molecule has 9 heteroatoms. The van der Waals surface area contributed by atoms with Crippen LogP contribution in [0.1, 0.15) is 36.8 Å². The number of ether oxygens (including phenoxy) is 2. The Hall–Kier alpha value is -2.10. The number of allylic oxidation sites excluding steroid dienone is 1. The molecular formula is C23H31F3N2O4. The first-order chi connectivity index (χ1) is 15.2. The van der Waals surface area contributed by atoms with Crippen molar-refractivity contribution in [2.24, 2.45) is 5.92 Å². The maximum absolute atomic E-state index is 13.2. The second-order valence-corrected chi connectivity index (χ2v) is 8.24. The first-order valence-electron chi connectivity index (χ1n) is 11.0. The van der Waals surface area contributed by atoms with Gasteiger partial charge in [0.05, 0.1) is 5.56 Å². The summed E-state index contributed by atoms with van der Waals surface area (Å²) in [7, 11) is 2.00. The van der Waals surface area contributed by atoms with Crippen molar-refractivity contribution in [3.63, 3.8) is 0 Å². The van der Waals surface area contributed by atoms with Crippen molar-refractivity contribution in [1.29, 1.82) is 0 Å². The number of hydrogen-bond donors (Lipinski definition) is 1. The lowest BCUT2D eigenvalue weighted by Gasteiger charge is -2.39. The summed E-state index contributed by atoms with van der Waals surface area (Å²) in [5, 5.41) is 9.34. The minimum atomic E-state index is -4.42. The van der Waals surface area contributed by atoms with Crippen LogP contribution in [0.25, 0.3) is 0 Å². The Morgan fingerprint density at radius 1 is 1.19 bits per heavy atom. The van der Waals surface area contributed by atoms with Crippen LogP contribution in [0, 0.1) is 5.92 Å². The highest BCUT2D eigenvalue weighted by atomic mass is 19.4. The highest BCUT2D eigenvalue weighted by molar-refractivity contribution is 5.92. The fourth-order valence-electron chi connectivity index (χ4n) is 4.20. The number of alkyl halides is 3. The third-order valence-electron chi connectivity index (χ3n) is 6.04. The topological polar surface area (TPSA) is 62.2 Å². The van der Waals surface area contributed by atoms with Crippen molar-refractivity contribution < 1.29 is 32.5 Å². The van der Waals surface area contributed by atoms with Crippen LogP contribution in [0.2, 0.25) is 0 Å². The molecule has 1 aromatic carbocycles. The number of rotatable bonds is 7. The average Bonchev–Trinajstić information content (AvgIpc) is 2.77. The maximum Gasteiger partial charge on any atom is 0.416 e.